The van der Waals surface area contributed by atoms with Crippen LogP contribution in [0, 0.1) is 0 Å². The van der Waals surface area contributed by atoms with Gasteiger partial charge in [-0.2, -0.15) is 0 Å². The summed E-state index contributed by atoms with van der Waals surface area (Å²) in [6, 6.07) is 14.1. The summed E-state index contributed by atoms with van der Waals surface area (Å²) in [6.45, 7) is 2.48. The Balaban J connectivity index is 2.03. The fourth-order valence-electron chi connectivity index (χ4n) is 2.15. The smallest absolute Gasteiger partial charge is 0.251 e. The molecule has 4 heteroatoms. The van der Waals surface area contributed by atoms with E-state index in [-0.39, 0.29) is 17.7 Å². The maximum absolute atomic E-state index is 12.2. The van der Waals surface area contributed by atoms with Crippen molar-refractivity contribution in [1.29, 1.82) is 0 Å². The molecule has 2 aromatic carbocycles. The number of carbonyl (C=O) groups is 1. The summed E-state index contributed by atoms with van der Waals surface area (Å²) < 4.78 is 0. The Morgan fingerprint density at radius 3 is 2.57 bits per heavy atom. The zero-order chi connectivity index (χ0) is 15.2. The monoisotopic (exact) mass is 284 g/mol. The molecule has 110 valence electrons. The van der Waals surface area contributed by atoms with Gasteiger partial charge < -0.3 is 16.2 Å². The van der Waals surface area contributed by atoms with Crippen molar-refractivity contribution in [2.24, 2.45) is 5.73 Å². The average Bonchev–Trinajstić information content (AvgIpc) is 2.48. The third kappa shape index (κ3) is 4.07. The van der Waals surface area contributed by atoms with E-state index in [2.05, 4.69) is 5.32 Å². The van der Waals surface area contributed by atoms with Crippen LogP contribution in [0.15, 0.2) is 48.5 Å². The molecule has 0 saturated carbocycles. The van der Waals surface area contributed by atoms with Gasteiger partial charge in [-0.05, 0) is 55.3 Å². The molecule has 1 atom stereocenters. The van der Waals surface area contributed by atoms with Gasteiger partial charge in [-0.15, -0.1) is 0 Å². The van der Waals surface area contributed by atoms with Gasteiger partial charge in [-0.1, -0.05) is 24.3 Å². The number of phenols is 1. The van der Waals surface area contributed by atoms with Crippen molar-refractivity contribution in [3.63, 3.8) is 0 Å². The Kier molecular flexibility index (Phi) is 4.95. The van der Waals surface area contributed by atoms with Crippen LogP contribution in [0.4, 0.5) is 0 Å². The lowest BCUT2D eigenvalue weighted by Gasteiger charge is -2.14. The van der Waals surface area contributed by atoms with Gasteiger partial charge in [0.05, 0.1) is 6.04 Å². The Morgan fingerprint density at radius 1 is 1.24 bits per heavy atom. The summed E-state index contributed by atoms with van der Waals surface area (Å²) in [6.07, 6.45) is 0.807. The first-order chi connectivity index (χ1) is 10.1. The molecule has 0 aromatic heterocycles. The van der Waals surface area contributed by atoms with Gasteiger partial charge in [-0.25, -0.2) is 0 Å². The SMILES string of the molecule is CC(NC(=O)c1ccc(CCN)cc1)c1cccc(O)c1. The molecule has 0 fully saturated rings. The number of benzene rings is 2. The quantitative estimate of drug-likeness (QED) is 0.789. The minimum absolute atomic E-state index is 0.134. The van der Waals surface area contributed by atoms with Gasteiger partial charge in [0.2, 0.25) is 0 Å². The van der Waals surface area contributed by atoms with Crippen LogP contribution in [0.25, 0.3) is 0 Å². The molecule has 2 rings (SSSR count). The van der Waals surface area contributed by atoms with E-state index in [1.54, 1.807) is 30.3 Å². The second kappa shape index (κ2) is 6.90. The summed E-state index contributed by atoms with van der Waals surface area (Å²) in [7, 11) is 0. The molecule has 0 heterocycles. The first-order valence-corrected chi connectivity index (χ1v) is 6.99. The lowest BCUT2D eigenvalue weighted by atomic mass is 10.1. The van der Waals surface area contributed by atoms with Gasteiger partial charge in [-0.3, -0.25) is 4.79 Å². The van der Waals surface area contributed by atoms with Gasteiger partial charge in [0.15, 0.2) is 0 Å². The number of aromatic hydroxyl groups is 1. The Labute approximate surface area is 124 Å². The summed E-state index contributed by atoms with van der Waals surface area (Å²) in [5, 5.41) is 12.4. The Morgan fingerprint density at radius 2 is 1.95 bits per heavy atom. The topological polar surface area (TPSA) is 75.4 Å². The van der Waals surface area contributed by atoms with Gasteiger partial charge in [0.1, 0.15) is 5.75 Å². The van der Waals surface area contributed by atoms with Gasteiger partial charge in [0, 0.05) is 5.56 Å². The molecule has 1 unspecified atom stereocenters. The Hall–Kier alpha value is -2.33. The molecule has 4 N–H and O–H groups in total. The lowest BCUT2D eigenvalue weighted by molar-refractivity contribution is 0.0940. The molecular weight excluding hydrogens is 264 g/mol. The van der Waals surface area contributed by atoms with E-state index in [0.717, 1.165) is 17.5 Å². The number of amides is 1. The molecule has 0 aliphatic heterocycles. The molecule has 21 heavy (non-hydrogen) atoms. The fourth-order valence-corrected chi connectivity index (χ4v) is 2.15. The standard InChI is InChI=1S/C17H20N2O2/c1-12(15-3-2-4-16(20)11-15)19-17(21)14-7-5-13(6-8-14)9-10-18/h2-8,11-12,20H,9-10,18H2,1H3,(H,19,21). The second-order valence-electron chi connectivity index (χ2n) is 5.03. The predicted molar refractivity (Wildman–Crippen MR) is 83.2 cm³/mol. The van der Waals surface area contributed by atoms with E-state index in [1.807, 2.05) is 25.1 Å². The van der Waals surface area contributed by atoms with Crippen molar-refractivity contribution in [3.05, 3.63) is 65.2 Å². The third-order valence-electron chi connectivity index (χ3n) is 3.37. The van der Waals surface area contributed by atoms with Crippen LogP contribution >= 0.6 is 0 Å². The maximum atomic E-state index is 12.2. The van der Waals surface area contributed by atoms with Crippen LogP contribution in [0.2, 0.25) is 0 Å². The van der Waals surface area contributed by atoms with Crippen molar-refractivity contribution >= 4 is 5.91 Å². The predicted octanol–water partition coefficient (Wildman–Crippen LogP) is 2.38. The molecular formula is C17H20N2O2. The zero-order valence-corrected chi connectivity index (χ0v) is 12.0. The minimum Gasteiger partial charge on any atom is -0.508 e. The van der Waals surface area contributed by atoms with Gasteiger partial charge in [0.25, 0.3) is 5.91 Å². The Bertz CT molecular complexity index is 608. The highest BCUT2D eigenvalue weighted by atomic mass is 16.3. The molecule has 0 spiro atoms. The van der Waals surface area contributed by atoms with Crippen LogP contribution < -0.4 is 11.1 Å². The van der Waals surface area contributed by atoms with E-state index in [4.69, 9.17) is 5.73 Å². The normalized spacial score (nSPS) is 11.9. The van der Waals surface area contributed by atoms with Crippen molar-refractivity contribution in [2.75, 3.05) is 6.54 Å². The van der Waals surface area contributed by atoms with Crippen LogP contribution in [0.5, 0.6) is 5.75 Å². The third-order valence-corrected chi connectivity index (χ3v) is 3.37. The molecule has 0 aliphatic rings. The minimum atomic E-state index is -0.173. The van der Waals surface area contributed by atoms with Crippen LogP contribution in [-0.4, -0.2) is 17.6 Å². The largest absolute Gasteiger partial charge is 0.508 e. The summed E-state index contributed by atoms with van der Waals surface area (Å²) in [5.74, 6) is 0.0601. The van der Waals surface area contributed by atoms with Crippen LogP contribution in [-0.2, 0) is 6.42 Å². The van der Waals surface area contributed by atoms with Crippen LogP contribution in [0.3, 0.4) is 0 Å². The summed E-state index contributed by atoms with van der Waals surface area (Å²) in [4.78, 5) is 12.2. The summed E-state index contributed by atoms with van der Waals surface area (Å²) in [5.41, 5.74) is 8.10. The van der Waals surface area contributed by atoms with Gasteiger partial charge >= 0.3 is 0 Å². The summed E-state index contributed by atoms with van der Waals surface area (Å²) >= 11 is 0. The first kappa shape index (κ1) is 15.1. The number of nitrogens with one attached hydrogen (secondary N) is 1. The number of carbonyl (C=O) groups excluding carboxylic acids is 1. The first-order valence-electron chi connectivity index (χ1n) is 6.99. The molecule has 1 amide bonds. The van der Waals surface area contributed by atoms with Crippen molar-refractivity contribution in [2.45, 2.75) is 19.4 Å². The van der Waals surface area contributed by atoms with E-state index in [1.165, 1.54) is 0 Å². The molecule has 0 bridgehead atoms. The highest BCUT2D eigenvalue weighted by Crippen LogP contribution is 2.18. The average molecular weight is 284 g/mol. The number of hydrogen-bond acceptors (Lipinski definition) is 3. The van der Waals surface area contributed by atoms with E-state index < -0.39 is 0 Å². The van der Waals surface area contributed by atoms with E-state index in [9.17, 15) is 9.90 Å². The van der Waals surface area contributed by atoms with E-state index >= 15 is 0 Å². The second-order valence-corrected chi connectivity index (χ2v) is 5.03. The van der Waals surface area contributed by atoms with Crippen molar-refractivity contribution in [3.8, 4) is 5.75 Å². The molecule has 4 nitrogen and oxygen atoms in total. The lowest BCUT2D eigenvalue weighted by Crippen LogP contribution is -2.26. The van der Waals surface area contributed by atoms with Crippen LogP contribution in [0.1, 0.15) is 34.5 Å². The molecule has 0 radical (unpaired) electrons. The van der Waals surface area contributed by atoms with Crippen molar-refractivity contribution < 1.29 is 9.90 Å². The van der Waals surface area contributed by atoms with Crippen molar-refractivity contribution in [1.82, 2.24) is 5.32 Å². The molecule has 0 aliphatic carbocycles. The molecule has 0 saturated heterocycles. The zero-order valence-electron chi connectivity index (χ0n) is 12.0. The highest BCUT2D eigenvalue weighted by Gasteiger charge is 2.11. The highest BCUT2D eigenvalue weighted by molar-refractivity contribution is 5.94. The number of phenolic OH excluding ortho intramolecular Hbond substituents is 1. The maximum Gasteiger partial charge on any atom is 0.251 e. The molecule has 2 aromatic rings. The number of rotatable bonds is 5. The van der Waals surface area contributed by atoms with E-state index in [0.29, 0.717) is 12.1 Å². The fraction of sp³-hybridized carbons (Fsp3) is 0.235. The number of hydrogen-bond donors (Lipinski definition) is 3. The number of nitrogens with two attached hydrogens (primary N) is 1.